The molecular weight excluding hydrogens is 576 g/mol. The highest BCUT2D eigenvalue weighted by Crippen LogP contribution is 2.32. The molecule has 2 saturated heterocycles. The Bertz CT molecular complexity index is 1240. The average molecular weight is 618 g/mol. The van der Waals surface area contributed by atoms with Crippen molar-refractivity contribution < 1.29 is 23.2 Å². The molecule has 234 valence electrons. The second-order valence-electron chi connectivity index (χ2n) is 12.4. The molecule has 4 amide bonds. The molecule has 0 atom stereocenters. The minimum atomic E-state index is -2.38. The molecular formula is C32H42ClF2N5O3. The van der Waals surface area contributed by atoms with E-state index in [4.69, 9.17) is 11.6 Å². The van der Waals surface area contributed by atoms with E-state index in [1.165, 1.54) is 4.90 Å². The van der Waals surface area contributed by atoms with E-state index < -0.39 is 12.5 Å². The molecule has 3 aliphatic heterocycles. The second-order valence-corrected chi connectivity index (χ2v) is 12.8. The Morgan fingerprint density at radius 2 is 1.81 bits per heavy atom. The van der Waals surface area contributed by atoms with Crippen molar-refractivity contribution in [3.05, 3.63) is 52.7 Å². The first-order chi connectivity index (χ1) is 20.7. The molecule has 1 aromatic carbocycles. The van der Waals surface area contributed by atoms with Gasteiger partial charge >= 0.3 is 6.03 Å². The van der Waals surface area contributed by atoms with Crippen molar-refractivity contribution in [2.75, 3.05) is 51.2 Å². The number of urea groups is 1. The van der Waals surface area contributed by atoms with Gasteiger partial charge in [0.15, 0.2) is 0 Å². The number of nitrogens with zero attached hydrogens (tertiary/aromatic N) is 4. The van der Waals surface area contributed by atoms with Crippen molar-refractivity contribution in [2.24, 2.45) is 11.8 Å². The maximum absolute atomic E-state index is 13.3. The lowest BCUT2D eigenvalue weighted by Crippen LogP contribution is -2.49. The van der Waals surface area contributed by atoms with Gasteiger partial charge in [0.25, 0.3) is 12.3 Å². The van der Waals surface area contributed by atoms with Crippen LogP contribution in [-0.2, 0) is 4.79 Å². The minimum Gasteiger partial charge on any atom is -0.370 e. The van der Waals surface area contributed by atoms with Crippen LogP contribution in [0.15, 0.2) is 42.1 Å². The number of allylic oxidation sites excluding steroid dienone is 2. The number of hydrogen-bond acceptors (Lipinski definition) is 5. The van der Waals surface area contributed by atoms with Crippen LogP contribution < -0.4 is 10.2 Å². The molecule has 1 N–H and O–H groups in total. The van der Waals surface area contributed by atoms with Crippen LogP contribution in [0.3, 0.4) is 0 Å². The lowest BCUT2D eigenvalue weighted by molar-refractivity contribution is -0.120. The topological polar surface area (TPSA) is 76.2 Å². The number of alkyl halides is 2. The maximum atomic E-state index is 13.3. The molecule has 3 fully saturated rings. The molecule has 5 rings (SSSR count). The SMILES string of the molecule is CN(CCC1CCC(N2C=CC=C(C(F)F)C2)CC1)CC1CCN(C(=O)c2ccc(Cl)c(N3CCC(=O)NC3=O)c2)CC1. The lowest BCUT2D eigenvalue weighted by Gasteiger charge is -2.38. The number of likely N-dealkylation sites (tertiary alicyclic amines) is 1. The molecule has 43 heavy (non-hydrogen) atoms. The zero-order chi connectivity index (χ0) is 30.5. The van der Waals surface area contributed by atoms with Crippen LogP contribution in [0, 0.1) is 11.8 Å². The lowest BCUT2D eigenvalue weighted by atomic mass is 9.83. The Morgan fingerprint density at radius 1 is 1.07 bits per heavy atom. The predicted octanol–water partition coefficient (Wildman–Crippen LogP) is 5.54. The monoisotopic (exact) mass is 617 g/mol. The van der Waals surface area contributed by atoms with Crippen LogP contribution >= 0.6 is 11.6 Å². The fraction of sp³-hybridized carbons (Fsp3) is 0.594. The highest BCUT2D eigenvalue weighted by molar-refractivity contribution is 6.34. The van der Waals surface area contributed by atoms with E-state index in [0.29, 0.717) is 53.8 Å². The van der Waals surface area contributed by atoms with Gasteiger partial charge in [-0.2, -0.15) is 0 Å². The Balaban J connectivity index is 1.02. The van der Waals surface area contributed by atoms with Crippen LogP contribution in [0.4, 0.5) is 19.3 Å². The fourth-order valence-corrected chi connectivity index (χ4v) is 7.05. The zero-order valence-corrected chi connectivity index (χ0v) is 25.6. The molecule has 0 radical (unpaired) electrons. The summed E-state index contributed by atoms with van der Waals surface area (Å²) >= 11 is 6.35. The van der Waals surface area contributed by atoms with Crippen molar-refractivity contribution in [3.8, 4) is 0 Å². The fourth-order valence-electron chi connectivity index (χ4n) is 6.83. The predicted molar refractivity (Wildman–Crippen MR) is 163 cm³/mol. The smallest absolute Gasteiger partial charge is 0.328 e. The van der Waals surface area contributed by atoms with Crippen molar-refractivity contribution in [1.29, 1.82) is 0 Å². The van der Waals surface area contributed by atoms with Gasteiger partial charge in [0, 0.05) is 56.3 Å². The van der Waals surface area contributed by atoms with Gasteiger partial charge in [-0.05, 0) is 101 Å². The van der Waals surface area contributed by atoms with Crippen molar-refractivity contribution in [2.45, 2.75) is 63.8 Å². The number of carbonyl (C=O) groups excluding carboxylic acids is 3. The average Bonchev–Trinajstić information content (AvgIpc) is 3.01. The number of piperidine rings is 1. The molecule has 0 aromatic heterocycles. The number of anilines is 1. The summed E-state index contributed by atoms with van der Waals surface area (Å²) in [5.74, 6) is 0.815. The summed E-state index contributed by atoms with van der Waals surface area (Å²) in [5.41, 5.74) is 1.13. The first kappa shape index (κ1) is 31.4. The third kappa shape index (κ3) is 7.95. The van der Waals surface area contributed by atoms with E-state index in [-0.39, 0.29) is 30.4 Å². The summed E-state index contributed by atoms with van der Waals surface area (Å²) < 4.78 is 26.2. The van der Waals surface area contributed by atoms with Crippen LogP contribution in [-0.4, -0.2) is 91.3 Å². The van der Waals surface area contributed by atoms with Gasteiger partial charge in [-0.25, -0.2) is 13.6 Å². The Labute approximate surface area is 257 Å². The normalized spacial score (nSPS) is 23.7. The number of imide groups is 1. The molecule has 0 bridgehead atoms. The number of rotatable bonds is 9. The van der Waals surface area contributed by atoms with Gasteiger partial charge in [0.2, 0.25) is 5.91 Å². The van der Waals surface area contributed by atoms with Crippen molar-refractivity contribution in [1.82, 2.24) is 20.0 Å². The summed E-state index contributed by atoms with van der Waals surface area (Å²) in [4.78, 5) is 44.9. The van der Waals surface area contributed by atoms with Gasteiger partial charge in [0.1, 0.15) is 0 Å². The third-order valence-electron chi connectivity index (χ3n) is 9.45. The minimum absolute atomic E-state index is 0.0738. The summed E-state index contributed by atoms with van der Waals surface area (Å²) in [6.07, 6.45) is 10.5. The molecule has 0 spiro atoms. The molecule has 1 saturated carbocycles. The number of halogens is 3. The van der Waals surface area contributed by atoms with E-state index in [1.807, 2.05) is 11.1 Å². The van der Waals surface area contributed by atoms with Crippen molar-refractivity contribution in [3.63, 3.8) is 0 Å². The van der Waals surface area contributed by atoms with Crippen LogP contribution in [0.2, 0.25) is 5.02 Å². The summed E-state index contributed by atoms with van der Waals surface area (Å²) in [6.45, 7) is 3.99. The quantitative estimate of drug-likeness (QED) is 0.394. The van der Waals surface area contributed by atoms with E-state index in [9.17, 15) is 23.2 Å². The van der Waals surface area contributed by atoms with Gasteiger partial charge in [-0.3, -0.25) is 19.8 Å². The molecule has 8 nitrogen and oxygen atoms in total. The van der Waals surface area contributed by atoms with Crippen LogP contribution in [0.25, 0.3) is 0 Å². The summed E-state index contributed by atoms with van der Waals surface area (Å²) in [6, 6.07) is 4.80. The number of hydrogen-bond donors (Lipinski definition) is 1. The zero-order valence-electron chi connectivity index (χ0n) is 24.8. The van der Waals surface area contributed by atoms with Crippen molar-refractivity contribution >= 4 is 35.1 Å². The maximum Gasteiger partial charge on any atom is 0.328 e. The van der Waals surface area contributed by atoms with Gasteiger partial charge in [-0.15, -0.1) is 0 Å². The molecule has 0 unspecified atom stereocenters. The highest BCUT2D eigenvalue weighted by atomic mass is 35.5. The molecule has 1 aromatic rings. The number of amides is 4. The van der Waals surface area contributed by atoms with Gasteiger partial charge in [-0.1, -0.05) is 17.7 Å². The summed E-state index contributed by atoms with van der Waals surface area (Å²) in [7, 11) is 2.18. The highest BCUT2D eigenvalue weighted by Gasteiger charge is 2.30. The summed E-state index contributed by atoms with van der Waals surface area (Å²) in [5, 5.41) is 2.65. The second kappa shape index (κ2) is 14.2. The molecule has 4 aliphatic rings. The molecule has 3 heterocycles. The molecule has 1 aliphatic carbocycles. The Hall–Kier alpha value is -2.98. The largest absolute Gasteiger partial charge is 0.370 e. The first-order valence-electron chi connectivity index (χ1n) is 15.5. The van der Waals surface area contributed by atoms with Gasteiger partial charge < -0.3 is 14.7 Å². The first-order valence-corrected chi connectivity index (χ1v) is 15.9. The van der Waals surface area contributed by atoms with E-state index >= 15 is 0 Å². The standard InChI is InChI=1S/C32H42ClF2N5O3/c1-37(15-10-22-4-7-26(8-5-22)39-14-2-3-25(21-39)30(34)35)20-23-11-16-38(17-12-23)31(42)24-6-9-27(33)28(19-24)40-18-13-29(41)36-32(40)43/h2-3,6,9,14,19,22-23,26,30H,4-5,7-8,10-13,15-18,20-21H2,1H3,(H,36,41,43). The number of nitrogens with one attached hydrogen (secondary N) is 1. The van der Waals surface area contributed by atoms with E-state index in [0.717, 1.165) is 58.0 Å². The number of carbonyl (C=O) groups is 3. The van der Waals surface area contributed by atoms with Crippen LogP contribution in [0.1, 0.15) is 61.7 Å². The Morgan fingerprint density at radius 3 is 2.51 bits per heavy atom. The third-order valence-corrected chi connectivity index (χ3v) is 9.77. The Kier molecular flexibility index (Phi) is 10.4. The molecule has 11 heteroatoms. The van der Waals surface area contributed by atoms with Crippen LogP contribution in [0.5, 0.6) is 0 Å². The van der Waals surface area contributed by atoms with Gasteiger partial charge in [0.05, 0.1) is 10.7 Å². The number of benzene rings is 1. The van der Waals surface area contributed by atoms with E-state index in [2.05, 4.69) is 22.2 Å². The van der Waals surface area contributed by atoms with E-state index in [1.54, 1.807) is 30.4 Å².